The Balaban J connectivity index is 0.00000341. The van der Waals surface area contributed by atoms with Crippen LogP contribution in [0.2, 0.25) is 0 Å². The third kappa shape index (κ3) is 7.10. The normalized spacial score (nSPS) is 14.9. The number of carbonyl (C=O) groups excluding carboxylic acids is 1. The highest BCUT2D eigenvalue weighted by Gasteiger charge is 2.27. The van der Waals surface area contributed by atoms with Gasteiger partial charge >= 0.3 is 0 Å². The zero-order valence-corrected chi connectivity index (χ0v) is 20.4. The van der Waals surface area contributed by atoms with E-state index in [1.54, 1.807) is 14.2 Å². The highest BCUT2D eigenvalue weighted by molar-refractivity contribution is 14.0. The van der Waals surface area contributed by atoms with Crippen LogP contribution in [0.4, 0.5) is 0 Å². The summed E-state index contributed by atoms with van der Waals surface area (Å²) in [5, 5.41) is 6.61. The largest absolute Gasteiger partial charge is 0.496 e. The van der Waals surface area contributed by atoms with Crippen molar-refractivity contribution in [1.29, 1.82) is 0 Å². The van der Waals surface area contributed by atoms with Gasteiger partial charge in [0.2, 0.25) is 5.91 Å². The number of halogens is 1. The number of amides is 1. The zero-order valence-electron chi connectivity index (χ0n) is 18.0. The molecule has 0 radical (unpaired) electrons. The average Bonchev–Trinajstić information content (AvgIpc) is 2.82. The number of nitrogens with one attached hydrogen (secondary N) is 2. The van der Waals surface area contributed by atoms with Crippen LogP contribution < -0.4 is 15.4 Å². The predicted molar refractivity (Wildman–Crippen MR) is 133 cm³/mol. The van der Waals surface area contributed by atoms with Crippen molar-refractivity contribution >= 4 is 35.8 Å². The van der Waals surface area contributed by atoms with Gasteiger partial charge in [-0.2, -0.15) is 0 Å². The molecule has 2 aromatic carbocycles. The molecule has 0 aliphatic carbocycles. The van der Waals surface area contributed by atoms with Gasteiger partial charge in [-0.05, 0) is 11.6 Å². The Morgan fingerprint density at radius 2 is 1.77 bits per heavy atom. The van der Waals surface area contributed by atoms with Crippen molar-refractivity contribution in [3.8, 4) is 5.75 Å². The van der Waals surface area contributed by atoms with Crippen LogP contribution in [0.3, 0.4) is 0 Å². The quantitative estimate of drug-likeness (QED) is 0.322. The summed E-state index contributed by atoms with van der Waals surface area (Å²) in [4.78, 5) is 19.4. The number of ether oxygens (including phenoxy) is 2. The minimum absolute atomic E-state index is 0. The minimum Gasteiger partial charge on any atom is -0.496 e. The molecule has 1 saturated heterocycles. The molecule has 2 N–H and O–H groups in total. The number of benzene rings is 2. The summed E-state index contributed by atoms with van der Waals surface area (Å²) in [6, 6.07) is 17.7. The lowest BCUT2D eigenvalue weighted by Gasteiger charge is -2.31. The van der Waals surface area contributed by atoms with Gasteiger partial charge in [0.25, 0.3) is 0 Å². The summed E-state index contributed by atoms with van der Waals surface area (Å²) in [7, 11) is 3.38. The van der Waals surface area contributed by atoms with Crippen LogP contribution in [-0.2, 0) is 16.1 Å². The second-order valence-electron chi connectivity index (χ2n) is 7.02. The number of nitrogens with zero attached hydrogens (tertiary/aromatic N) is 2. The minimum atomic E-state index is -0.297. The topological polar surface area (TPSA) is 75.2 Å². The van der Waals surface area contributed by atoms with Crippen molar-refractivity contribution in [3.63, 3.8) is 0 Å². The monoisotopic (exact) mass is 538 g/mol. The number of carbonyl (C=O) groups is 1. The molecular weight excluding hydrogens is 507 g/mol. The van der Waals surface area contributed by atoms with E-state index in [1.165, 1.54) is 0 Å². The van der Waals surface area contributed by atoms with E-state index in [4.69, 9.17) is 9.47 Å². The number of guanidine groups is 1. The van der Waals surface area contributed by atoms with E-state index in [2.05, 4.69) is 15.6 Å². The maximum Gasteiger partial charge on any atom is 0.232 e. The van der Waals surface area contributed by atoms with Crippen LogP contribution in [0.15, 0.2) is 59.6 Å². The number of morpholine rings is 1. The zero-order chi connectivity index (χ0) is 21.2. The smallest absolute Gasteiger partial charge is 0.232 e. The summed E-state index contributed by atoms with van der Waals surface area (Å²) < 4.78 is 10.8. The lowest BCUT2D eigenvalue weighted by atomic mass is 9.97. The van der Waals surface area contributed by atoms with Crippen LogP contribution in [0.25, 0.3) is 0 Å². The fraction of sp³-hybridized carbons (Fsp3) is 0.391. The van der Waals surface area contributed by atoms with Crippen LogP contribution in [0, 0.1) is 0 Å². The fourth-order valence-corrected chi connectivity index (χ4v) is 3.48. The first-order valence-corrected chi connectivity index (χ1v) is 10.2. The van der Waals surface area contributed by atoms with Crippen molar-refractivity contribution in [2.45, 2.75) is 12.5 Å². The lowest BCUT2D eigenvalue weighted by molar-refractivity contribution is -0.136. The summed E-state index contributed by atoms with van der Waals surface area (Å²) in [5.41, 5.74) is 2.02. The SMILES string of the molecule is CN=C(NCc1ccccc1OC)NCC(C(=O)N1CCOCC1)c1ccccc1.I. The molecule has 168 valence electrons. The van der Waals surface area contributed by atoms with Gasteiger partial charge in [-0.3, -0.25) is 9.79 Å². The van der Waals surface area contributed by atoms with Crippen LogP contribution in [0.1, 0.15) is 17.0 Å². The maximum atomic E-state index is 13.2. The van der Waals surface area contributed by atoms with Gasteiger partial charge < -0.3 is 25.0 Å². The Morgan fingerprint density at radius 3 is 2.45 bits per heavy atom. The van der Waals surface area contributed by atoms with E-state index in [9.17, 15) is 4.79 Å². The molecule has 1 unspecified atom stereocenters. The van der Waals surface area contributed by atoms with Gasteiger partial charge in [0.15, 0.2) is 5.96 Å². The molecule has 1 aliphatic rings. The first-order valence-electron chi connectivity index (χ1n) is 10.2. The molecule has 1 amide bonds. The average molecular weight is 538 g/mol. The second kappa shape index (κ2) is 13.2. The Morgan fingerprint density at radius 1 is 1.10 bits per heavy atom. The summed E-state index contributed by atoms with van der Waals surface area (Å²) in [6.45, 7) is 3.44. The van der Waals surface area contributed by atoms with E-state index in [0.717, 1.165) is 16.9 Å². The Labute approximate surface area is 201 Å². The Kier molecular flexibility index (Phi) is 10.6. The third-order valence-corrected chi connectivity index (χ3v) is 5.16. The molecule has 0 saturated carbocycles. The molecule has 2 aromatic rings. The number of hydrogen-bond donors (Lipinski definition) is 2. The number of rotatable bonds is 7. The van der Waals surface area contributed by atoms with E-state index < -0.39 is 0 Å². The van der Waals surface area contributed by atoms with E-state index in [-0.39, 0.29) is 35.8 Å². The molecule has 31 heavy (non-hydrogen) atoms. The number of methoxy groups -OCH3 is 1. The second-order valence-corrected chi connectivity index (χ2v) is 7.02. The van der Waals surface area contributed by atoms with Gasteiger partial charge in [0.05, 0.1) is 26.2 Å². The molecule has 0 aromatic heterocycles. The molecular formula is C23H31IN4O3. The molecule has 1 fully saturated rings. The van der Waals surface area contributed by atoms with Crippen LogP contribution in [0.5, 0.6) is 5.75 Å². The highest BCUT2D eigenvalue weighted by atomic mass is 127. The number of para-hydroxylation sites is 1. The molecule has 3 rings (SSSR count). The first-order chi connectivity index (χ1) is 14.7. The molecule has 0 spiro atoms. The molecule has 1 atom stereocenters. The van der Waals surface area contributed by atoms with Gasteiger partial charge in [0, 0.05) is 38.8 Å². The van der Waals surface area contributed by atoms with Gasteiger partial charge in [-0.25, -0.2) is 0 Å². The summed E-state index contributed by atoms with van der Waals surface area (Å²) in [5.74, 6) is 1.27. The Bertz CT molecular complexity index is 842. The Hall–Kier alpha value is -2.33. The van der Waals surface area contributed by atoms with Gasteiger partial charge in [-0.15, -0.1) is 24.0 Å². The van der Waals surface area contributed by atoms with E-state index in [1.807, 2.05) is 59.5 Å². The molecule has 0 bridgehead atoms. The molecule has 1 aliphatic heterocycles. The van der Waals surface area contributed by atoms with Crippen molar-refractivity contribution in [3.05, 3.63) is 65.7 Å². The lowest BCUT2D eigenvalue weighted by Crippen LogP contribution is -2.47. The standard InChI is InChI=1S/C23H30N4O3.HI/c1-24-23(25-16-19-10-6-7-11-21(19)29-2)26-17-20(18-8-4-3-5-9-18)22(28)27-12-14-30-15-13-27;/h3-11,20H,12-17H2,1-2H3,(H2,24,25,26);1H. The first kappa shape index (κ1) is 24.9. The number of hydrogen-bond acceptors (Lipinski definition) is 4. The van der Waals surface area contributed by atoms with Crippen molar-refractivity contribution in [2.75, 3.05) is 47.0 Å². The fourth-order valence-electron chi connectivity index (χ4n) is 3.48. The van der Waals surface area contributed by atoms with Crippen LogP contribution in [-0.4, -0.2) is 63.8 Å². The maximum absolute atomic E-state index is 13.2. The molecule has 8 heteroatoms. The van der Waals surface area contributed by atoms with Crippen molar-refractivity contribution < 1.29 is 14.3 Å². The van der Waals surface area contributed by atoms with Crippen molar-refractivity contribution in [2.24, 2.45) is 4.99 Å². The van der Waals surface area contributed by atoms with Gasteiger partial charge in [0.1, 0.15) is 5.75 Å². The summed E-state index contributed by atoms with van der Waals surface area (Å²) in [6.07, 6.45) is 0. The summed E-state index contributed by atoms with van der Waals surface area (Å²) >= 11 is 0. The van der Waals surface area contributed by atoms with Gasteiger partial charge in [-0.1, -0.05) is 48.5 Å². The number of aliphatic imine (C=N–C) groups is 1. The van der Waals surface area contributed by atoms with Crippen LogP contribution >= 0.6 is 24.0 Å². The van der Waals surface area contributed by atoms with E-state index in [0.29, 0.717) is 45.4 Å². The molecule has 7 nitrogen and oxygen atoms in total. The predicted octanol–water partition coefficient (Wildman–Crippen LogP) is 2.62. The third-order valence-electron chi connectivity index (χ3n) is 5.16. The molecule has 1 heterocycles. The highest BCUT2D eigenvalue weighted by Crippen LogP contribution is 2.19. The van der Waals surface area contributed by atoms with E-state index >= 15 is 0 Å². The van der Waals surface area contributed by atoms with Crippen molar-refractivity contribution in [1.82, 2.24) is 15.5 Å².